The second-order valence-electron chi connectivity index (χ2n) is 5.37. The number of nitrogens with two attached hydrogens (primary N) is 1. The lowest BCUT2D eigenvalue weighted by Crippen LogP contribution is -2.40. The summed E-state index contributed by atoms with van der Waals surface area (Å²) in [5.41, 5.74) is 9.77. The van der Waals surface area contributed by atoms with Crippen molar-refractivity contribution in [2.45, 2.75) is 18.9 Å². The van der Waals surface area contributed by atoms with Gasteiger partial charge in [0.05, 0.1) is 7.11 Å². The molecule has 0 unspecified atom stereocenters. The first kappa shape index (κ1) is 14.5. The summed E-state index contributed by atoms with van der Waals surface area (Å²) in [6.07, 6.45) is 5.63. The van der Waals surface area contributed by atoms with Crippen molar-refractivity contribution in [2.75, 3.05) is 13.7 Å². The third-order valence-corrected chi connectivity index (χ3v) is 4.10. The van der Waals surface area contributed by atoms with Crippen molar-refractivity contribution in [1.82, 2.24) is 4.90 Å². The maximum atomic E-state index is 12.7. The van der Waals surface area contributed by atoms with Crippen LogP contribution in [0.15, 0.2) is 42.1 Å². The fourth-order valence-corrected chi connectivity index (χ4v) is 3.00. The molecule has 114 valence electrons. The molecule has 1 aromatic carbocycles. The molecule has 5 heteroatoms. The molecular formula is C17H18N2O3. The van der Waals surface area contributed by atoms with Crippen LogP contribution in [0.1, 0.15) is 30.0 Å². The number of amides is 1. The molecule has 0 fully saturated rings. The van der Waals surface area contributed by atoms with Gasteiger partial charge in [-0.05, 0) is 35.6 Å². The highest BCUT2D eigenvalue weighted by atomic mass is 16.5. The van der Waals surface area contributed by atoms with E-state index in [1.807, 2.05) is 36.4 Å². The molecule has 5 nitrogen and oxygen atoms in total. The number of carbonyl (C=O) groups is 2. The normalized spacial score (nSPS) is 20.4. The smallest absolute Gasteiger partial charge is 0.325 e. The summed E-state index contributed by atoms with van der Waals surface area (Å²) >= 11 is 0. The first-order valence-electron chi connectivity index (χ1n) is 7.26. The summed E-state index contributed by atoms with van der Waals surface area (Å²) in [7, 11) is 1.31. The van der Waals surface area contributed by atoms with E-state index in [1.54, 1.807) is 0 Å². The van der Waals surface area contributed by atoms with Gasteiger partial charge in [0.2, 0.25) is 5.91 Å². The van der Waals surface area contributed by atoms with Crippen molar-refractivity contribution in [3.63, 3.8) is 0 Å². The first-order chi connectivity index (χ1) is 10.6. The molecule has 2 aliphatic rings. The zero-order chi connectivity index (χ0) is 15.7. The van der Waals surface area contributed by atoms with Crippen LogP contribution in [0.2, 0.25) is 0 Å². The highest BCUT2D eigenvalue weighted by Crippen LogP contribution is 2.37. The van der Waals surface area contributed by atoms with E-state index in [0.29, 0.717) is 0 Å². The summed E-state index contributed by atoms with van der Waals surface area (Å²) in [4.78, 5) is 25.9. The van der Waals surface area contributed by atoms with Crippen LogP contribution in [0.4, 0.5) is 0 Å². The summed E-state index contributed by atoms with van der Waals surface area (Å²) in [6, 6.07) is 6.90. The molecule has 1 aliphatic carbocycles. The van der Waals surface area contributed by atoms with Gasteiger partial charge in [0, 0.05) is 5.70 Å². The summed E-state index contributed by atoms with van der Waals surface area (Å²) in [5.74, 6) is -0.744. The van der Waals surface area contributed by atoms with Crippen molar-refractivity contribution in [3.05, 3.63) is 53.2 Å². The Morgan fingerprint density at radius 3 is 2.95 bits per heavy atom. The van der Waals surface area contributed by atoms with E-state index >= 15 is 0 Å². The Morgan fingerprint density at radius 2 is 2.18 bits per heavy atom. The van der Waals surface area contributed by atoms with Gasteiger partial charge in [-0.25, -0.2) is 0 Å². The topological polar surface area (TPSA) is 72.6 Å². The molecule has 0 bridgehead atoms. The van der Waals surface area contributed by atoms with Gasteiger partial charge in [0.25, 0.3) is 0 Å². The summed E-state index contributed by atoms with van der Waals surface area (Å²) in [6.45, 7) is -0.125. The number of hydrogen-bond acceptors (Lipinski definition) is 4. The molecule has 1 atom stereocenters. The average molecular weight is 298 g/mol. The van der Waals surface area contributed by atoms with Crippen LogP contribution in [0, 0.1) is 0 Å². The zero-order valence-electron chi connectivity index (χ0n) is 12.4. The molecule has 0 radical (unpaired) electrons. The summed E-state index contributed by atoms with van der Waals surface area (Å²) in [5, 5.41) is 0. The SMILES string of the molecule is COC(=O)CN1C(=O)[C@@H](N)c2ccccc2C2=C1C=CCC2. The van der Waals surface area contributed by atoms with E-state index in [1.165, 1.54) is 12.0 Å². The fourth-order valence-electron chi connectivity index (χ4n) is 3.00. The molecule has 1 amide bonds. The number of benzene rings is 1. The molecule has 0 saturated heterocycles. The quantitative estimate of drug-likeness (QED) is 0.844. The van der Waals surface area contributed by atoms with E-state index in [-0.39, 0.29) is 12.5 Å². The van der Waals surface area contributed by atoms with Crippen LogP contribution in [0.3, 0.4) is 0 Å². The maximum absolute atomic E-state index is 12.7. The molecule has 1 aliphatic heterocycles. The standard InChI is InChI=1S/C17H18N2O3/c1-22-15(20)10-19-14-9-5-4-7-12(14)11-6-2-3-8-13(11)16(18)17(19)21/h2-3,5-6,8-9,16H,4,7,10,18H2,1H3/t16-/m0/s1. The Balaban J connectivity index is 2.16. The Labute approximate surface area is 129 Å². The third-order valence-electron chi connectivity index (χ3n) is 4.10. The molecule has 3 rings (SSSR count). The minimum Gasteiger partial charge on any atom is -0.468 e. The van der Waals surface area contributed by atoms with Gasteiger partial charge in [0.1, 0.15) is 12.6 Å². The lowest BCUT2D eigenvalue weighted by Gasteiger charge is -2.26. The van der Waals surface area contributed by atoms with Crippen LogP contribution in [-0.4, -0.2) is 30.4 Å². The van der Waals surface area contributed by atoms with Gasteiger partial charge in [-0.2, -0.15) is 0 Å². The lowest BCUT2D eigenvalue weighted by atomic mass is 9.91. The number of allylic oxidation sites excluding steroid dienone is 3. The van der Waals surface area contributed by atoms with E-state index in [9.17, 15) is 9.59 Å². The van der Waals surface area contributed by atoms with Gasteiger partial charge in [0.15, 0.2) is 0 Å². The highest BCUT2D eigenvalue weighted by Gasteiger charge is 2.34. The van der Waals surface area contributed by atoms with Gasteiger partial charge in [-0.15, -0.1) is 0 Å². The number of ether oxygens (including phenoxy) is 1. The Morgan fingerprint density at radius 1 is 1.41 bits per heavy atom. The molecule has 1 heterocycles. The van der Waals surface area contributed by atoms with Crippen molar-refractivity contribution in [1.29, 1.82) is 0 Å². The predicted molar refractivity (Wildman–Crippen MR) is 82.4 cm³/mol. The maximum Gasteiger partial charge on any atom is 0.325 e. The van der Waals surface area contributed by atoms with Crippen molar-refractivity contribution >= 4 is 17.4 Å². The molecular weight excluding hydrogens is 280 g/mol. The fraction of sp³-hybridized carbons (Fsp3) is 0.294. The van der Waals surface area contributed by atoms with Crippen LogP contribution in [0.25, 0.3) is 5.57 Å². The number of nitrogens with zero attached hydrogens (tertiary/aromatic N) is 1. The van der Waals surface area contributed by atoms with Crippen LogP contribution in [-0.2, 0) is 14.3 Å². The van der Waals surface area contributed by atoms with Crippen molar-refractivity contribution in [3.8, 4) is 0 Å². The van der Waals surface area contributed by atoms with Crippen LogP contribution in [0.5, 0.6) is 0 Å². The molecule has 0 aromatic heterocycles. The second kappa shape index (κ2) is 5.77. The molecule has 22 heavy (non-hydrogen) atoms. The van der Waals surface area contributed by atoms with Gasteiger partial charge in [-0.1, -0.05) is 30.3 Å². The lowest BCUT2D eigenvalue weighted by molar-refractivity contribution is -0.146. The third kappa shape index (κ3) is 2.33. The zero-order valence-corrected chi connectivity index (χ0v) is 12.4. The molecule has 0 saturated carbocycles. The van der Waals surface area contributed by atoms with E-state index in [0.717, 1.165) is 35.2 Å². The molecule has 0 spiro atoms. The Hall–Kier alpha value is -2.40. The van der Waals surface area contributed by atoms with Gasteiger partial charge >= 0.3 is 5.97 Å². The highest BCUT2D eigenvalue weighted by molar-refractivity contribution is 5.94. The van der Waals surface area contributed by atoms with Gasteiger partial charge < -0.3 is 10.5 Å². The van der Waals surface area contributed by atoms with E-state index in [2.05, 4.69) is 0 Å². The molecule has 1 aromatic rings. The number of esters is 1. The van der Waals surface area contributed by atoms with E-state index < -0.39 is 12.0 Å². The monoisotopic (exact) mass is 298 g/mol. The minimum absolute atomic E-state index is 0.125. The molecule has 2 N–H and O–H groups in total. The number of methoxy groups -OCH3 is 1. The average Bonchev–Trinajstić information content (AvgIpc) is 2.65. The van der Waals surface area contributed by atoms with E-state index in [4.69, 9.17) is 10.5 Å². The van der Waals surface area contributed by atoms with Crippen molar-refractivity contribution < 1.29 is 14.3 Å². The predicted octanol–water partition coefficient (Wildman–Crippen LogP) is 1.76. The Kier molecular flexibility index (Phi) is 3.81. The van der Waals surface area contributed by atoms with Crippen LogP contribution < -0.4 is 5.73 Å². The first-order valence-corrected chi connectivity index (χ1v) is 7.26. The minimum atomic E-state index is -0.778. The Bertz CT molecular complexity index is 691. The second-order valence-corrected chi connectivity index (χ2v) is 5.37. The van der Waals surface area contributed by atoms with Crippen LogP contribution >= 0.6 is 0 Å². The van der Waals surface area contributed by atoms with Gasteiger partial charge in [-0.3, -0.25) is 14.5 Å². The summed E-state index contributed by atoms with van der Waals surface area (Å²) < 4.78 is 4.71. The van der Waals surface area contributed by atoms with Crippen molar-refractivity contribution in [2.24, 2.45) is 5.73 Å². The number of carbonyl (C=O) groups excluding carboxylic acids is 2. The largest absolute Gasteiger partial charge is 0.468 e. The number of hydrogen-bond donors (Lipinski definition) is 1. The number of fused-ring (bicyclic) bond motifs is 2. The number of rotatable bonds is 2.